The van der Waals surface area contributed by atoms with Crippen LogP contribution >= 0.6 is 12.4 Å². The molecule has 1 aromatic carbocycles. The van der Waals surface area contributed by atoms with Gasteiger partial charge in [-0.25, -0.2) is 0 Å². The number of aliphatic hydroxyl groups is 1. The maximum Gasteiger partial charge on any atom is 0.223 e. The van der Waals surface area contributed by atoms with Gasteiger partial charge in [0.2, 0.25) is 5.91 Å². The van der Waals surface area contributed by atoms with E-state index in [0.29, 0.717) is 44.3 Å². The summed E-state index contributed by atoms with van der Waals surface area (Å²) in [6.07, 6.45) is 6.25. The van der Waals surface area contributed by atoms with Crippen LogP contribution in [0.2, 0.25) is 0 Å². The number of benzene rings is 1. The summed E-state index contributed by atoms with van der Waals surface area (Å²) < 4.78 is 16.6. The first-order chi connectivity index (χ1) is 20.4. The van der Waals surface area contributed by atoms with Crippen molar-refractivity contribution in [1.29, 1.82) is 0 Å². The number of nitrogens with one attached hydrogen (secondary N) is 1. The van der Waals surface area contributed by atoms with E-state index in [0.717, 1.165) is 36.1 Å². The second-order valence-electron chi connectivity index (χ2n) is 13.4. The van der Waals surface area contributed by atoms with Crippen LogP contribution in [0.25, 0.3) is 0 Å². The molecule has 0 aliphatic carbocycles. The van der Waals surface area contributed by atoms with E-state index in [2.05, 4.69) is 50.1 Å². The number of aromatic nitrogens is 1. The number of carbonyl (C=O) groups is 1. The second kappa shape index (κ2) is 19.9. The van der Waals surface area contributed by atoms with Gasteiger partial charge in [0.1, 0.15) is 0 Å². The van der Waals surface area contributed by atoms with E-state index in [4.69, 9.17) is 19.9 Å². The molecule has 8 nitrogen and oxygen atoms in total. The Morgan fingerprint density at radius 2 is 1.75 bits per heavy atom. The van der Waals surface area contributed by atoms with E-state index < -0.39 is 12.1 Å². The van der Waals surface area contributed by atoms with Gasteiger partial charge >= 0.3 is 0 Å². The number of hydrogen-bond donors (Lipinski definition) is 3. The third kappa shape index (κ3) is 13.7. The van der Waals surface area contributed by atoms with Gasteiger partial charge in [0.25, 0.3) is 0 Å². The third-order valence-electron chi connectivity index (χ3n) is 8.27. The normalized spacial score (nSPS) is 14.5. The first-order valence-corrected chi connectivity index (χ1v) is 15.8. The Bertz CT molecular complexity index is 1080. The topological polar surface area (TPSA) is 116 Å². The van der Waals surface area contributed by atoms with E-state index in [1.54, 1.807) is 20.4 Å². The average molecular weight is 636 g/mol. The highest BCUT2D eigenvalue weighted by Crippen LogP contribution is 2.32. The van der Waals surface area contributed by atoms with Crippen LogP contribution in [-0.2, 0) is 22.4 Å². The van der Waals surface area contributed by atoms with Crippen molar-refractivity contribution in [3.63, 3.8) is 0 Å². The minimum absolute atomic E-state index is 0. The molecule has 0 bridgehead atoms. The Morgan fingerprint density at radius 1 is 1.02 bits per heavy atom. The quantitative estimate of drug-likeness (QED) is 0.156. The van der Waals surface area contributed by atoms with Gasteiger partial charge in [-0.1, -0.05) is 53.7 Å². The number of methoxy groups -OCH3 is 2. The molecule has 4 N–H and O–H groups in total. The molecule has 1 amide bonds. The number of amides is 1. The second-order valence-corrected chi connectivity index (χ2v) is 13.4. The fourth-order valence-corrected chi connectivity index (χ4v) is 5.44. The molecule has 0 aliphatic heterocycles. The first kappa shape index (κ1) is 39.6. The number of ether oxygens (including phenoxy) is 3. The van der Waals surface area contributed by atoms with Crippen LogP contribution in [-0.4, -0.2) is 62.1 Å². The van der Waals surface area contributed by atoms with Crippen molar-refractivity contribution in [2.75, 3.05) is 34.0 Å². The van der Waals surface area contributed by atoms with Crippen LogP contribution in [0.5, 0.6) is 11.5 Å². The van der Waals surface area contributed by atoms with E-state index in [-0.39, 0.29) is 41.5 Å². The summed E-state index contributed by atoms with van der Waals surface area (Å²) in [5.41, 5.74) is 8.76. The molecule has 0 fully saturated rings. The Balaban J connectivity index is 0.00000968. The molecular formula is C35H58ClN3O5. The molecule has 0 spiro atoms. The molecule has 44 heavy (non-hydrogen) atoms. The standard InChI is InChI=1S/C35H57N3O5.ClH/c1-24(2)28(17-26-12-13-32(42-8)33(18-26)43-16-10-15-41-7)19-30(36)31(39)20-29(25(3)4)34(40)38-23-35(5,6)21-27-11-9-14-37-22-27;/h9,11-14,18,22,24-25,28-31,39H,10,15-17,19-21,23,36H2,1-8H3,(H,38,40);1H/t28-,29-,30-,31-;/m0./s1. The summed E-state index contributed by atoms with van der Waals surface area (Å²) in [4.78, 5) is 17.5. The number of hydrogen-bond acceptors (Lipinski definition) is 7. The van der Waals surface area contributed by atoms with E-state index in [1.807, 2.05) is 38.2 Å². The number of pyridine rings is 1. The Hall–Kier alpha value is -2.39. The lowest BCUT2D eigenvalue weighted by Crippen LogP contribution is -2.44. The molecule has 0 saturated heterocycles. The van der Waals surface area contributed by atoms with E-state index >= 15 is 0 Å². The van der Waals surface area contributed by atoms with Gasteiger partial charge in [0.15, 0.2) is 11.5 Å². The SMILES string of the molecule is COCCCOc1cc(C[C@@H](C[C@H](N)[C@@H](O)C[C@H](C(=O)NCC(C)(C)Cc2cccnc2)C(C)C)C(C)C)ccc1OC.Cl. The summed E-state index contributed by atoms with van der Waals surface area (Å²) in [7, 11) is 3.32. The maximum absolute atomic E-state index is 13.3. The van der Waals surface area contributed by atoms with Crippen molar-refractivity contribution in [2.45, 2.75) is 85.8 Å². The molecule has 0 radical (unpaired) electrons. The summed E-state index contributed by atoms with van der Waals surface area (Å²) in [6, 6.07) is 9.59. The molecule has 2 rings (SSSR count). The first-order valence-electron chi connectivity index (χ1n) is 15.8. The van der Waals surface area contributed by atoms with Gasteiger partial charge in [-0.15, -0.1) is 12.4 Å². The predicted molar refractivity (Wildman–Crippen MR) is 181 cm³/mol. The highest BCUT2D eigenvalue weighted by molar-refractivity contribution is 5.85. The molecule has 0 aliphatic rings. The largest absolute Gasteiger partial charge is 0.493 e. The Morgan fingerprint density at radius 3 is 2.34 bits per heavy atom. The molecule has 250 valence electrons. The molecular weight excluding hydrogens is 578 g/mol. The van der Waals surface area contributed by atoms with Crippen LogP contribution < -0.4 is 20.5 Å². The van der Waals surface area contributed by atoms with Crippen molar-refractivity contribution < 1.29 is 24.1 Å². The lowest BCUT2D eigenvalue weighted by atomic mass is 9.80. The average Bonchev–Trinajstić information content (AvgIpc) is 2.96. The van der Waals surface area contributed by atoms with Crippen molar-refractivity contribution in [2.24, 2.45) is 34.8 Å². The summed E-state index contributed by atoms with van der Waals surface area (Å²) in [5, 5.41) is 14.4. The van der Waals surface area contributed by atoms with Gasteiger partial charge in [0, 0.05) is 51.0 Å². The van der Waals surface area contributed by atoms with Crippen molar-refractivity contribution in [3.05, 3.63) is 53.9 Å². The zero-order chi connectivity index (χ0) is 32.0. The zero-order valence-electron chi connectivity index (χ0n) is 28.2. The Labute approximate surface area is 272 Å². The predicted octanol–water partition coefficient (Wildman–Crippen LogP) is 5.87. The molecule has 9 heteroatoms. The van der Waals surface area contributed by atoms with Crippen LogP contribution in [0.3, 0.4) is 0 Å². The zero-order valence-corrected chi connectivity index (χ0v) is 29.0. The van der Waals surface area contributed by atoms with Crippen LogP contribution in [0.1, 0.15) is 71.9 Å². The minimum atomic E-state index is -0.779. The van der Waals surface area contributed by atoms with Gasteiger partial charge in [-0.2, -0.15) is 0 Å². The fourth-order valence-electron chi connectivity index (χ4n) is 5.44. The molecule has 2 aromatic rings. The molecule has 1 aromatic heterocycles. The summed E-state index contributed by atoms with van der Waals surface area (Å²) >= 11 is 0. The van der Waals surface area contributed by atoms with Crippen molar-refractivity contribution in [3.8, 4) is 11.5 Å². The van der Waals surface area contributed by atoms with Crippen molar-refractivity contribution >= 4 is 18.3 Å². The molecule has 0 unspecified atom stereocenters. The summed E-state index contributed by atoms with van der Waals surface area (Å²) in [5.74, 6) is 1.75. The third-order valence-corrected chi connectivity index (χ3v) is 8.27. The van der Waals surface area contributed by atoms with Gasteiger partial charge in [-0.3, -0.25) is 9.78 Å². The summed E-state index contributed by atoms with van der Waals surface area (Å²) in [6.45, 7) is 14.4. The highest BCUT2D eigenvalue weighted by atomic mass is 35.5. The van der Waals surface area contributed by atoms with E-state index in [9.17, 15) is 9.90 Å². The highest BCUT2D eigenvalue weighted by Gasteiger charge is 2.31. The lowest BCUT2D eigenvalue weighted by molar-refractivity contribution is -0.128. The van der Waals surface area contributed by atoms with Crippen LogP contribution in [0.4, 0.5) is 0 Å². The number of rotatable bonds is 20. The van der Waals surface area contributed by atoms with Gasteiger partial charge in [0.05, 0.1) is 19.8 Å². The molecule has 4 atom stereocenters. The number of halogens is 1. The Kier molecular flexibility index (Phi) is 17.9. The van der Waals surface area contributed by atoms with Crippen LogP contribution in [0, 0.1) is 29.1 Å². The van der Waals surface area contributed by atoms with Gasteiger partial charge < -0.3 is 30.4 Å². The van der Waals surface area contributed by atoms with E-state index in [1.165, 1.54) is 0 Å². The number of nitrogens with zero attached hydrogens (tertiary/aromatic N) is 1. The number of nitrogens with two attached hydrogens (primary N) is 1. The monoisotopic (exact) mass is 635 g/mol. The number of carbonyl (C=O) groups excluding carboxylic acids is 1. The molecule has 0 saturated carbocycles. The van der Waals surface area contributed by atoms with Crippen LogP contribution in [0.15, 0.2) is 42.7 Å². The number of aliphatic hydroxyl groups excluding tert-OH is 1. The maximum atomic E-state index is 13.3. The smallest absolute Gasteiger partial charge is 0.223 e. The fraction of sp³-hybridized carbons (Fsp3) is 0.657. The minimum Gasteiger partial charge on any atom is -0.493 e. The van der Waals surface area contributed by atoms with Crippen molar-refractivity contribution in [1.82, 2.24) is 10.3 Å². The molecule has 1 heterocycles. The lowest BCUT2D eigenvalue weighted by Gasteiger charge is -2.31. The van der Waals surface area contributed by atoms with Gasteiger partial charge in [-0.05, 0) is 78.2 Å².